The van der Waals surface area contributed by atoms with Gasteiger partial charge in [0.2, 0.25) is 17.7 Å². The minimum Gasteiger partial charge on any atom is -0.469 e. The number of sulfone groups is 1. The molecule has 2 aromatic rings. The van der Waals surface area contributed by atoms with E-state index in [-0.39, 0.29) is 175 Å². The molecule has 0 aromatic heterocycles. The summed E-state index contributed by atoms with van der Waals surface area (Å²) >= 11 is 0. The van der Waals surface area contributed by atoms with Crippen molar-refractivity contribution in [2.75, 3.05) is 47.8 Å². The number of morpholine rings is 1. The maximum absolute atomic E-state index is 13.2. The van der Waals surface area contributed by atoms with Gasteiger partial charge in [-0.15, -0.1) is 0 Å². The number of esters is 2. The van der Waals surface area contributed by atoms with Gasteiger partial charge in [-0.3, -0.25) is 37.8 Å². The molecule has 0 spiro atoms. The first kappa shape index (κ1) is 158. The van der Waals surface area contributed by atoms with Gasteiger partial charge >= 0.3 is 11.9 Å². The van der Waals surface area contributed by atoms with Gasteiger partial charge < -0.3 is 33.8 Å². The first-order valence-corrected chi connectivity index (χ1v) is 58.3. The van der Waals surface area contributed by atoms with Gasteiger partial charge in [0.15, 0.2) is 15.6 Å². The van der Waals surface area contributed by atoms with Crippen LogP contribution < -0.4 is 0 Å². The third-order valence-corrected chi connectivity index (χ3v) is 43.3. The standard InChI is InChI=1S/C19H30O.C18H30.C16H31NO2.C14H29NO.C10H21NO.C9H21N.2C9H18O2.C9H18O.C8H18O2S.C8H18OS/c1-11-12(2)14(4)16(15(5)13(11)3)17(20)19(9,10)18(6,7)8;1-11-12(2)14(4)16(15(5)13(11)3)18(9,10)17(6,7)8;1-10-12(3)19-13(4)11(2)17(10)14(18)16(8,9)15(5,6)7;1-10(2)15(11(3)4)12(16)14(8,9)13(5,6)7;1-9(2,3)10(4,5)8(12)11(6)7;1-8(2,3)9(4,5)10(6)7;1-8(2,3)9(4,5)7(10)11-6;1-7(10)11-9(5,6)8(2,3)4;1-7(10)9(5,6)8(2,3)4;1-7(2,3)8(4,5)11(6,9)10;1-7(2,3)8(4,5)10(6)9/h1-10H3;1-10H3;10-13H,1-9H3;10-11H,1-9H3;1-7H3;1-7H3;2*1-6H3;1-6H3;1-6H3;1-6H3. The molecule has 148 heavy (non-hydrogen) atoms. The Hall–Kier alpha value is -4.85. The van der Waals surface area contributed by atoms with Gasteiger partial charge in [0.1, 0.15) is 11.4 Å². The summed E-state index contributed by atoms with van der Waals surface area (Å²) in [7, 11) is 5.58. The van der Waals surface area contributed by atoms with Crippen molar-refractivity contribution in [2.24, 2.45) is 92.1 Å². The Morgan fingerprint density at radius 1 is 0.358 bits per heavy atom. The molecule has 5 atom stereocenters. The van der Waals surface area contributed by atoms with E-state index in [4.69, 9.17) is 14.2 Å². The van der Waals surface area contributed by atoms with Crippen LogP contribution in [0.15, 0.2) is 0 Å². The van der Waals surface area contributed by atoms with Crippen LogP contribution in [0.1, 0.15) is 522 Å². The predicted molar refractivity (Wildman–Crippen MR) is 649 cm³/mol. The van der Waals surface area contributed by atoms with Crippen LogP contribution in [0.3, 0.4) is 0 Å². The summed E-state index contributed by atoms with van der Waals surface area (Å²) < 4.78 is 48.8. The summed E-state index contributed by atoms with van der Waals surface area (Å²) in [5.41, 5.74) is 14.4. The van der Waals surface area contributed by atoms with E-state index in [0.29, 0.717) is 5.41 Å². The van der Waals surface area contributed by atoms with Crippen LogP contribution in [0.4, 0.5) is 0 Å². The molecular formula is C129H252N4O13S2. The average molecular weight is 2130 g/mol. The zero-order valence-electron chi connectivity index (χ0n) is 114. The number of hydrogen-bond donors (Lipinski definition) is 0. The summed E-state index contributed by atoms with van der Waals surface area (Å²) in [6.45, 7) is 157. The molecule has 3 rings (SSSR count). The van der Waals surface area contributed by atoms with Crippen molar-refractivity contribution in [3.63, 3.8) is 0 Å². The molecule has 0 N–H and O–H groups in total. The van der Waals surface area contributed by atoms with E-state index in [2.05, 4.69) is 386 Å². The molecule has 19 heteroatoms. The van der Waals surface area contributed by atoms with Crippen molar-refractivity contribution in [2.45, 2.75) is 582 Å². The Balaban J connectivity index is -0.000000245. The van der Waals surface area contributed by atoms with Crippen molar-refractivity contribution in [3.05, 3.63) is 66.8 Å². The highest BCUT2D eigenvalue weighted by atomic mass is 32.2. The fraction of sp³-hybridized carbons (Fsp3) is 0.853. The zero-order chi connectivity index (χ0) is 123. The lowest BCUT2D eigenvalue weighted by Crippen LogP contribution is -2.62. The number of amides is 3. The topological polar surface area (TPSA) is 211 Å². The molecule has 0 saturated carbocycles. The first-order chi connectivity index (χ1) is 63.7. The van der Waals surface area contributed by atoms with Crippen LogP contribution in [0.5, 0.6) is 0 Å². The van der Waals surface area contributed by atoms with E-state index in [1.54, 1.807) is 51.6 Å². The maximum Gasteiger partial charge on any atom is 0.311 e. The fourth-order valence-electron chi connectivity index (χ4n) is 13.6. The molecule has 2 aromatic carbocycles. The molecule has 5 unspecified atom stereocenters. The van der Waals surface area contributed by atoms with Gasteiger partial charge in [0.05, 0.1) is 41.6 Å². The smallest absolute Gasteiger partial charge is 0.311 e. The number of hydrogen-bond acceptors (Lipinski definition) is 14. The minimum absolute atomic E-state index is 0.00829. The minimum atomic E-state index is -2.96. The van der Waals surface area contributed by atoms with Gasteiger partial charge in [-0.2, -0.15) is 0 Å². The van der Waals surface area contributed by atoms with E-state index in [1.165, 1.54) is 64.8 Å². The van der Waals surface area contributed by atoms with Gasteiger partial charge in [-0.1, -0.05) is 312 Å². The molecule has 0 radical (unpaired) electrons. The van der Waals surface area contributed by atoms with E-state index in [9.17, 15) is 46.2 Å². The van der Waals surface area contributed by atoms with Crippen LogP contribution in [0.2, 0.25) is 0 Å². The summed E-state index contributed by atoms with van der Waals surface area (Å²) in [4.78, 5) is 91.6. The number of methoxy groups -OCH3 is 1. The molecule has 1 aliphatic heterocycles. The fourth-order valence-corrected chi connectivity index (χ4v) is 15.5. The summed E-state index contributed by atoms with van der Waals surface area (Å²) in [6.07, 6.45) is 3.24. The van der Waals surface area contributed by atoms with Gasteiger partial charge in [-0.05, 0) is 336 Å². The lowest BCUT2D eigenvalue weighted by Gasteiger charge is -2.50. The van der Waals surface area contributed by atoms with E-state index in [0.717, 1.165) is 16.7 Å². The van der Waals surface area contributed by atoms with E-state index in [1.807, 2.05) is 134 Å². The number of carbonyl (C=O) groups excluding carboxylic acids is 7. The number of Topliss-reactive ketones (excluding diaryl/α,β-unsaturated/α-hetero) is 2. The molecule has 1 saturated heterocycles. The second-order valence-corrected chi connectivity index (χ2v) is 65.6. The Kier molecular flexibility index (Phi) is 59.3. The predicted octanol–water partition coefficient (Wildman–Crippen LogP) is 34.0. The Bertz CT molecular complexity index is 4580. The molecule has 0 bridgehead atoms. The van der Waals surface area contributed by atoms with Crippen LogP contribution in [0.25, 0.3) is 0 Å². The second-order valence-electron chi connectivity index (χ2n) is 61.1. The average Bonchev–Trinajstić information content (AvgIpc) is 0.746. The van der Waals surface area contributed by atoms with Gasteiger partial charge in [0.25, 0.3) is 0 Å². The van der Waals surface area contributed by atoms with Crippen LogP contribution in [-0.2, 0) is 69.0 Å². The third-order valence-electron chi connectivity index (χ3n) is 38.8. The molecule has 878 valence electrons. The van der Waals surface area contributed by atoms with Crippen LogP contribution in [-0.4, -0.2) is 178 Å². The van der Waals surface area contributed by atoms with Crippen molar-refractivity contribution >= 4 is 61.9 Å². The molecule has 17 nitrogen and oxygen atoms in total. The number of benzene rings is 2. The summed E-state index contributed by atoms with van der Waals surface area (Å²) in [6, 6.07) is 0.767. The Morgan fingerprint density at radius 3 is 0.777 bits per heavy atom. The van der Waals surface area contributed by atoms with E-state index >= 15 is 0 Å². The lowest BCUT2D eigenvalue weighted by molar-refractivity contribution is -0.176. The van der Waals surface area contributed by atoms with Crippen LogP contribution >= 0.6 is 0 Å². The number of nitrogens with zero attached hydrogens (tertiary/aromatic N) is 4. The Morgan fingerprint density at radius 2 is 0.628 bits per heavy atom. The highest BCUT2D eigenvalue weighted by Gasteiger charge is 2.51. The summed E-state index contributed by atoms with van der Waals surface area (Å²) in [5.74, 6) is 0.850. The molecule has 1 heterocycles. The largest absolute Gasteiger partial charge is 0.469 e. The zero-order valence-corrected chi connectivity index (χ0v) is 116. The molecule has 3 amide bonds. The third kappa shape index (κ3) is 42.3. The number of ketones is 2. The lowest BCUT2D eigenvalue weighted by atomic mass is 9.62. The molecule has 1 fully saturated rings. The highest BCUT2D eigenvalue weighted by molar-refractivity contribution is 7.92. The monoisotopic (exact) mass is 2130 g/mol. The normalized spacial score (nSPS) is 16.2. The van der Waals surface area contributed by atoms with E-state index < -0.39 is 36.4 Å². The number of carbonyl (C=O) groups is 7. The van der Waals surface area contributed by atoms with Crippen molar-refractivity contribution in [1.29, 1.82) is 0 Å². The number of rotatable bonds is 14. The molecule has 0 aliphatic carbocycles. The number of ether oxygens (including phenoxy) is 3. The quantitative estimate of drug-likeness (QED) is 0.127. The van der Waals surface area contributed by atoms with Gasteiger partial charge in [0, 0.05) is 105 Å². The SMILES string of the molecule is CC(=O)C(C)(C)C(C)(C)C.CC(=O)OC(C)(C)C(C)(C)C.CC(C)(C)C(C)(C)S(C)(=O)=O.CC(C)N(C(=O)C(C)(C)C(C)(C)C)C(C)C.CC1OC(C)C(C)N(C(=O)C(C)(C)C(C)(C)C)C1C.CN(C)C(=O)C(C)(C)C(C)(C)C.CN(C)C(C)(C)C(C)(C)C.COC(=O)C(C)(C)C(C)(C)C.CS(=O)C(C)(C)C(C)(C)C.Cc1c(C)c(C)c(C(=O)C(C)(C)C(C)(C)C)c(C)c1C.Cc1c(C)c(C)c(C(C)(C)C(C)(C)C)c(C)c1C. The summed E-state index contributed by atoms with van der Waals surface area (Å²) in [5, 5.41) is 0. The van der Waals surface area contributed by atoms with Crippen molar-refractivity contribution < 1.29 is 60.4 Å². The molecular weight excluding hydrogens is 1880 g/mol. The molecule has 1 aliphatic rings. The second kappa shape index (κ2) is 55.4. The first-order valence-electron chi connectivity index (χ1n) is 54.9. The van der Waals surface area contributed by atoms with Gasteiger partial charge in [-0.25, -0.2) is 8.42 Å². The maximum atomic E-state index is 13.2. The van der Waals surface area contributed by atoms with Crippen molar-refractivity contribution in [3.8, 4) is 0 Å². The Labute approximate surface area is 924 Å². The van der Waals surface area contributed by atoms with Crippen LogP contribution in [0, 0.1) is 161 Å². The highest BCUT2D eigenvalue weighted by Crippen LogP contribution is 2.50. The van der Waals surface area contributed by atoms with Crippen molar-refractivity contribution in [1.82, 2.24) is 19.6 Å².